The Morgan fingerprint density at radius 1 is 1.30 bits per heavy atom. The number of carbonyl (C=O) groups is 2. The number of aromatic nitrogens is 2. The van der Waals surface area contributed by atoms with Crippen molar-refractivity contribution in [2.75, 3.05) is 38.2 Å². The van der Waals surface area contributed by atoms with Crippen molar-refractivity contribution in [1.82, 2.24) is 19.8 Å². The minimum atomic E-state index is -5.13. The van der Waals surface area contributed by atoms with Crippen LogP contribution in [0.3, 0.4) is 0 Å². The molecule has 0 radical (unpaired) electrons. The van der Waals surface area contributed by atoms with Gasteiger partial charge in [-0.1, -0.05) is 0 Å². The number of benzene rings is 1. The van der Waals surface area contributed by atoms with Crippen molar-refractivity contribution in [1.29, 1.82) is 0 Å². The Hall–Kier alpha value is -3.59. The summed E-state index contributed by atoms with van der Waals surface area (Å²) < 4.78 is 50.8. The summed E-state index contributed by atoms with van der Waals surface area (Å²) in [6.07, 6.45) is -3.35. The van der Waals surface area contributed by atoms with E-state index in [0.29, 0.717) is 17.8 Å². The quantitative estimate of drug-likeness (QED) is 0.483. The first kappa shape index (κ1) is 25.1. The molecule has 5 rings (SSSR count). The third kappa shape index (κ3) is 4.64. The van der Waals surface area contributed by atoms with Crippen LogP contribution in [-0.4, -0.2) is 93.7 Å². The third-order valence-corrected chi connectivity index (χ3v) is 7.28. The van der Waals surface area contributed by atoms with E-state index in [4.69, 9.17) is 4.42 Å². The van der Waals surface area contributed by atoms with E-state index in [1.54, 1.807) is 10.3 Å². The van der Waals surface area contributed by atoms with Crippen LogP contribution in [0.25, 0.3) is 21.7 Å². The number of likely N-dealkylation sites (N-methyl/N-ethyl adjacent to an activating group) is 1. The van der Waals surface area contributed by atoms with Gasteiger partial charge in [0.25, 0.3) is 11.9 Å². The Bertz CT molecular complexity index is 1320. The van der Waals surface area contributed by atoms with Crippen molar-refractivity contribution in [2.24, 2.45) is 0 Å². The summed E-state index contributed by atoms with van der Waals surface area (Å²) in [5, 5.41) is 20.8. The number of hydrogen-bond acceptors (Lipinski definition) is 9. The van der Waals surface area contributed by atoms with Gasteiger partial charge in [0.15, 0.2) is 16.8 Å². The van der Waals surface area contributed by atoms with Crippen LogP contribution >= 0.6 is 11.3 Å². The summed E-state index contributed by atoms with van der Waals surface area (Å²) in [6, 6.07) is 0.606. The molecule has 2 aliphatic rings. The maximum Gasteiger partial charge on any atom is 0.573 e. The molecule has 198 valence electrons. The Labute approximate surface area is 211 Å². The first-order valence-corrected chi connectivity index (χ1v) is 12.2. The molecule has 0 saturated carbocycles. The lowest BCUT2D eigenvalue weighted by Gasteiger charge is -2.38. The number of aliphatic hydroxyl groups excluding tert-OH is 1. The van der Waals surface area contributed by atoms with Crippen LogP contribution in [0, 0.1) is 0 Å². The number of halogens is 3. The molecular weight excluding hydrogens is 519 g/mol. The van der Waals surface area contributed by atoms with Gasteiger partial charge in [-0.3, -0.25) is 9.69 Å². The Morgan fingerprint density at radius 2 is 2.00 bits per heavy atom. The second-order valence-corrected chi connectivity index (χ2v) is 9.68. The van der Waals surface area contributed by atoms with Crippen molar-refractivity contribution in [3.63, 3.8) is 0 Å². The molecule has 37 heavy (non-hydrogen) atoms. The molecule has 11 nitrogen and oxygen atoms in total. The minimum absolute atomic E-state index is 0.00455. The lowest BCUT2D eigenvalue weighted by Crippen LogP contribution is -2.55. The number of ether oxygens (including phenoxy) is 1. The molecule has 2 saturated heterocycles. The van der Waals surface area contributed by atoms with Gasteiger partial charge >= 0.3 is 12.5 Å². The molecule has 2 bridgehead atoms. The van der Waals surface area contributed by atoms with Crippen molar-refractivity contribution in [3.8, 4) is 16.3 Å². The molecule has 1 aromatic carbocycles. The number of oxazole rings is 1. The zero-order chi connectivity index (χ0) is 26.5. The van der Waals surface area contributed by atoms with Gasteiger partial charge in [-0.2, -0.15) is 4.98 Å². The second kappa shape index (κ2) is 9.37. The highest BCUT2D eigenvalue weighted by Gasteiger charge is 2.44. The van der Waals surface area contributed by atoms with Crippen molar-refractivity contribution in [2.45, 2.75) is 31.3 Å². The maximum atomic E-state index is 13.5. The van der Waals surface area contributed by atoms with Gasteiger partial charge in [0.05, 0.1) is 29.8 Å². The predicted molar refractivity (Wildman–Crippen MR) is 125 cm³/mol. The first-order chi connectivity index (χ1) is 17.6. The number of aliphatic hydroxyl groups is 1. The fourth-order valence-electron chi connectivity index (χ4n) is 4.91. The largest absolute Gasteiger partial charge is 0.573 e. The lowest BCUT2D eigenvalue weighted by molar-refractivity contribution is -0.274. The number of carbonyl (C=O) groups excluding carboxylic acids is 1. The predicted octanol–water partition coefficient (Wildman–Crippen LogP) is 3.25. The highest BCUT2D eigenvalue weighted by atomic mass is 32.1. The number of anilines is 1. The van der Waals surface area contributed by atoms with Gasteiger partial charge in [-0.15, -0.1) is 24.5 Å². The summed E-state index contributed by atoms with van der Waals surface area (Å²) in [6.45, 7) is -0.000948. The number of amides is 2. The molecule has 15 heteroatoms. The highest BCUT2D eigenvalue weighted by molar-refractivity contribution is 7.13. The van der Waals surface area contributed by atoms with E-state index >= 15 is 0 Å². The number of fused-ring (bicyclic) bond motifs is 3. The van der Waals surface area contributed by atoms with Gasteiger partial charge in [-0.05, 0) is 18.9 Å². The van der Waals surface area contributed by atoms with E-state index in [0.717, 1.165) is 4.90 Å². The van der Waals surface area contributed by atoms with Gasteiger partial charge in [0.2, 0.25) is 0 Å². The Kier molecular flexibility index (Phi) is 6.35. The first-order valence-electron chi connectivity index (χ1n) is 11.3. The van der Waals surface area contributed by atoms with Gasteiger partial charge < -0.3 is 29.2 Å². The monoisotopic (exact) mass is 541 g/mol. The molecule has 2 N–H and O–H groups in total. The highest BCUT2D eigenvalue weighted by Crippen LogP contribution is 2.43. The summed E-state index contributed by atoms with van der Waals surface area (Å²) in [5.41, 5.74) is -0.514. The topological polar surface area (TPSA) is 132 Å². The standard InChI is InChI=1S/C22H22F3N5O6S/c1-28(5-6-31)19(32)14-8-13(18-26-4-7-37-18)16-15(17(14)36-22(23,24)25)27-20(35-16)29-9-11-2-3-12(10-29)30(11)21(33)34/h4,7-8,11-12,31H,2-3,5-6,9-10H2,1H3,(H,33,34). The summed E-state index contributed by atoms with van der Waals surface area (Å²) >= 11 is 1.20. The number of rotatable bonds is 6. The molecule has 2 aromatic heterocycles. The van der Waals surface area contributed by atoms with E-state index in [-0.39, 0.29) is 54.4 Å². The van der Waals surface area contributed by atoms with Crippen molar-refractivity contribution in [3.05, 3.63) is 23.2 Å². The maximum absolute atomic E-state index is 13.5. The van der Waals surface area contributed by atoms with Gasteiger partial charge in [0.1, 0.15) is 5.01 Å². The summed E-state index contributed by atoms with van der Waals surface area (Å²) in [5.74, 6) is -1.63. The Morgan fingerprint density at radius 3 is 2.57 bits per heavy atom. The molecule has 3 aromatic rings. The van der Waals surface area contributed by atoms with Crippen LogP contribution in [0.2, 0.25) is 0 Å². The van der Waals surface area contributed by atoms with Crippen LogP contribution in [-0.2, 0) is 0 Å². The lowest BCUT2D eigenvalue weighted by atomic mass is 10.1. The molecule has 4 heterocycles. The van der Waals surface area contributed by atoms with Crippen LogP contribution in [0.5, 0.6) is 5.75 Å². The van der Waals surface area contributed by atoms with E-state index in [2.05, 4.69) is 14.7 Å². The summed E-state index contributed by atoms with van der Waals surface area (Å²) in [7, 11) is 1.34. The number of piperazine rings is 1. The smallest absolute Gasteiger partial charge is 0.465 e. The second-order valence-electron chi connectivity index (χ2n) is 8.79. The van der Waals surface area contributed by atoms with Crippen LogP contribution < -0.4 is 9.64 Å². The molecule has 2 fully saturated rings. The number of nitrogens with zero attached hydrogens (tertiary/aromatic N) is 5. The van der Waals surface area contributed by atoms with E-state index < -0.39 is 36.3 Å². The zero-order valence-electron chi connectivity index (χ0n) is 19.4. The number of thiazole rings is 1. The number of hydrogen-bond donors (Lipinski definition) is 2. The summed E-state index contributed by atoms with van der Waals surface area (Å²) in [4.78, 5) is 37.5. The van der Waals surface area contributed by atoms with Crippen LogP contribution in [0.4, 0.5) is 24.0 Å². The fourth-order valence-corrected chi connectivity index (χ4v) is 5.56. The molecule has 2 atom stereocenters. The van der Waals surface area contributed by atoms with Gasteiger partial charge in [-0.25, -0.2) is 9.78 Å². The van der Waals surface area contributed by atoms with E-state index in [1.165, 1.54) is 35.5 Å². The number of carboxylic acid groups (broad SMARTS) is 1. The molecule has 2 amide bonds. The average Bonchev–Trinajstić information content (AvgIpc) is 3.56. The minimum Gasteiger partial charge on any atom is -0.465 e. The van der Waals surface area contributed by atoms with Crippen LogP contribution in [0.1, 0.15) is 23.2 Å². The van der Waals surface area contributed by atoms with Crippen molar-refractivity contribution < 1.29 is 42.1 Å². The third-order valence-electron chi connectivity index (χ3n) is 6.48. The average molecular weight is 542 g/mol. The molecular formula is C22H22F3N5O6S. The zero-order valence-corrected chi connectivity index (χ0v) is 20.3. The molecule has 2 aliphatic heterocycles. The fraction of sp³-hybridized carbons (Fsp3) is 0.455. The van der Waals surface area contributed by atoms with Crippen LogP contribution in [0.15, 0.2) is 22.1 Å². The molecule has 0 spiro atoms. The molecule has 0 aliphatic carbocycles. The van der Waals surface area contributed by atoms with E-state index in [9.17, 15) is 33.0 Å². The SMILES string of the molecule is CN(CCO)C(=O)c1cc(-c2nccs2)c2oc(N3CC4CCC(C3)N4C(=O)O)nc2c1OC(F)(F)F. The van der Waals surface area contributed by atoms with E-state index in [1.807, 2.05) is 0 Å². The normalized spacial score (nSPS) is 19.5. The van der Waals surface area contributed by atoms with Crippen molar-refractivity contribution >= 4 is 40.5 Å². The van der Waals surface area contributed by atoms with Gasteiger partial charge in [0, 0.05) is 38.3 Å². The number of alkyl halides is 3. The Balaban J connectivity index is 1.66. The molecule has 2 unspecified atom stereocenters.